The van der Waals surface area contributed by atoms with Crippen LogP contribution in [0.2, 0.25) is 0 Å². The maximum atomic E-state index is 14.1. The molecule has 0 aliphatic carbocycles. The zero-order valence-corrected chi connectivity index (χ0v) is 16.4. The standard InChI is InChI=1S/C14H11F2INO2.Y/c1-3-18-12(5-4-11(17)14(18)19)13-9(15)6-8(20-2)7-10(13)16;/h4,6-7H,3H2,1-2H3;/q-1;. The van der Waals surface area contributed by atoms with E-state index in [1.54, 1.807) is 6.92 Å². The molecule has 0 aliphatic heterocycles. The Morgan fingerprint density at radius 3 is 2.38 bits per heavy atom. The summed E-state index contributed by atoms with van der Waals surface area (Å²) < 4.78 is 34.7. The second kappa shape index (κ2) is 7.78. The largest absolute Gasteiger partial charge is 0.497 e. The van der Waals surface area contributed by atoms with E-state index in [9.17, 15) is 13.6 Å². The fourth-order valence-electron chi connectivity index (χ4n) is 1.90. The van der Waals surface area contributed by atoms with Crippen LogP contribution in [0.3, 0.4) is 0 Å². The van der Waals surface area contributed by atoms with Crippen LogP contribution in [-0.2, 0) is 39.3 Å². The molecule has 1 heterocycles. The molecule has 0 N–H and O–H groups in total. The molecule has 109 valence electrons. The number of pyridine rings is 1. The number of benzene rings is 1. The van der Waals surface area contributed by atoms with Crippen molar-refractivity contribution in [3.8, 4) is 17.0 Å². The third-order valence-electron chi connectivity index (χ3n) is 2.86. The predicted octanol–water partition coefficient (Wildman–Crippen LogP) is 3.22. The molecular formula is C14H11F2INO2Y-. The zero-order valence-electron chi connectivity index (χ0n) is 11.4. The second-order valence-electron chi connectivity index (χ2n) is 4.00. The second-order valence-corrected chi connectivity index (χ2v) is 5.16. The molecule has 0 saturated heterocycles. The van der Waals surface area contributed by atoms with Crippen LogP contribution in [0.5, 0.6) is 5.75 Å². The van der Waals surface area contributed by atoms with Crippen LogP contribution in [-0.4, -0.2) is 11.7 Å². The number of aromatic nitrogens is 1. The summed E-state index contributed by atoms with van der Waals surface area (Å²) in [6.07, 6.45) is 0. The molecule has 3 nitrogen and oxygen atoms in total. The monoisotopic (exact) mass is 479 g/mol. The maximum Gasteiger partial charge on any atom is 0.207 e. The van der Waals surface area contributed by atoms with Gasteiger partial charge in [0.25, 0.3) is 0 Å². The SMILES string of the molecule is CCn1c(-c2c(F)cc(OC)cc2F)[c-]cc(I)c1=O.[Y]. The van der Waals surface area contributed by atoms with Gasteiger partial charge in [-0.05, 0) is 16.1 Å². The number of ether oxygens (including phenoxy) is 1. The normalized spacial score (nSPS) is 10.1. The molecule has 2 aromatic rings. The van der Waals surface area contributed by atoms with E-state index in [0.29, 0.717) is 10.1 Å². The fourth-order valence-corrected chi connectivity index (χ4v) is 2.35. The molecule has 1 aromatic carbocycles. The van der Waals surface area contributed by atoms with Gasteiger partial charge in [-0.15, -0.1) is 22.6 Å². The molecule has 1 radical (unpaired) electrons. The average Bonchev–Trinajstić information content (AvgIpc) is 2.42. The Balaban J connectivity index is 0.00000220. The smallest absolute Gasteiger partial charge is 0.207 e. The van der Waals surface area contributed by atoms with Crippen LogP contribution in [0.4, 0.5) is 8.78 Å². The summed E-state index contributed by atoms with van der Waals surface area (Å²) in [7, 11) is 1.33. The van der Waals surface area contributed by atoms with Crippen molar-refractivity contribution < 1.29 is 46.2 Å². The van der Waals surface area contributed by atoms with E-state index in [0.717, 1.165) is 12.1 Å². The minimum absolute atomic E-state index is 0. The first-order chi connectivity index (χ1) is 9.49. The summed E-state index contributed by atoms with van der Waals surface area (Å²) in [5, 5.41) is 0. The van der Waals surface area contributed by atoms with Crippen LogP contribution in [0.1, 0.15) is 6.92 Å². The van der Waals surface area contributed by atoms with Crippen LogP contribution in [0.25, 0.3) is 11.3 Å². The first-order valence-electron chi connectivity index (χ1n) is 5.84. The molecule has 0 atom stereocenters. The molecular weight excluding hydrogens is 468 g/mol. The molecule has 0 saturated carbocycles. The summed E-state index contributed by atoms with van der Waals surface area (Å²) in [5.41, 5.74) is -0.479. The number of halogens is 3. The number of nitrogens with zero attached hydrogens (tertiary/aromatic N) is 1. The van der Waals surface area contributed by atoms with Gasteiger partial charge in [0.05, 0.1) is 18.7 Å². The van der Waals surface area contributed by atoms with Gasteiger partial charge in [0, 0.05) is 51.4 Å². The number of hydrogen-bond acceptors (Lipinski definition) is 2. The van der Waals surface area contributed by atoms with Crippen molar-refractivity contribution in [1.29, 1.82) is 0 Å². The Kier molecular flexibility index (Phi) is 6.94. The van der Waals surface area contributed by atoms with Crippen molar-refractivity contribution in [2.45, 2.75) is 13.5 Å². The van der Waals surface area contributed by atoms with Gasteiger partial charge in [0.15, 0.2) is 0 Å². The van der Waals surface area contributed by atoms with Gasteiger partial charge >= 0.3 is 0 Å². The molecule has 0 spiro atoms. The third-order valence-corrected chi connectivity index (χ3v) is 3.63. The number of methoxy groups -OCH3 is 1. The van der Waals surface area contributed by atoms with Gasteiger partial charge in [0.1, 0.15) is 5.75 Å². The van der Waals surface area contributed by atoms with E-state index in [1.807, 2.05) is 22.6 Å². The molecule has 0 bridgehead atoms. The van der Waals surface area contributed by atoms with Crippen LogP contribution < -0.4 is 10.3 Å². The fraction of sp³-hybridized carbons (Fsp3) is 0.214. The topological polar surface area (TPSA) is 31.2 Å². The molecule has 0 amide bonds. The van der Waals surface area contributed by atoms with E-state index in [2.05, 4.69) is 6.07 Å². The molecule has 1 aromatic heterocycles. The van der Waals surface area contributed by atoms with Gasteiger partial charge in [-0.3, -0.25) is 4.79 Å². The molecule has 0 aliphatic rings. The van der Waals surface area contributed by atoms with Crippen LogP contribution in [0.15, 0.2) is 23.0 Å². The molecule has 0 fully saturated rings. The van der Waals surface area contributed by atoms with Crippen molar-refractivity contribution in [1.82, 2.24) is 4.57 Å². The van der Waals surface area contributed by atoms with Gasteiger partial charge in [-0.25, -0.2) is 8.78 Å². The number of hydrogen-bond donors (Lipinski definition) is 0. The summed E-state index contributed by atoms with van der Waals surface area (Å²) >= 11 is 1.87. The quantitative estimate of drug-likeness (QED) is 0.501. The van der Waals surface area contributed by atoms with Crippen LogP contribution in [0, 0.1) is 21.3 Å². The molecule has 2 rings (SSSR count). The number of rotatable bonds is 3. The summed E-state index contributed by atoms with van der Waals surface area (Å²) in [4.78, 5) is 12.0. The Bertz CT molecular complexity index is 696. The Labute approximate surface area is 159 Å². The Hall–Kier alpha value is -0.336. The van der Waals surface area contributed by atoms with Gasteiger partial charge in [0.2, 0.25) is 5.56 Å². The zero-order chi connectivity index (χ0) is 14.9. The van der Waals surface area contributed by atoms with Crippen molar-refractivity contribution >= 4 is 22.6 Å². The van der Waals surface area contributed by atoms with Gasteiger partial charge in [-0.2, -0.15) is 12.1 Å². The minimum Gasteiger partial charge on any atom is -0.497 e. The van der Waals surface area contributed by atoms with E-state index in [-0.39, 0.29) is 55.3 Å². The van der Waals surface area contributed by atoms with Crippen LogP contribution >= 0.6 is 22.6 Å². The van der Waals surface area contributed by atoms with E-state index in [4.69, 9.17) is 4.74 Å². The first-order valence-corrected chi connectivity index (χ1v) is 6.91. The Morgan fingerprint density at radius 1 is 1.33 bits per heavy atom. The van der Waals surface area contributed by atoms with Crippen molar-refractivity contribution in [3.63, 3.8) is 0 Å². The summed E-state index contributed by atoms with van der Waals surface area (Å²) in [5.74, 6) is -1.50. The van der Waals surface area contributed by atoms with Crippen molar-refractivity contribution in [2.75, 3.05) is 7.11 Å². The minimum atomic E-state index is -0.791. The van der Waals surface area contributed by atoms with Gasteiger partial charge in [-0.1, -0.05) is 5.69 Å². The van der Waals surface area contributed by atoms with Crippen molar-refractivity contribution in [3.05, 3.63) is 49.8 Å². The van der Waals surface area contributed by atoms with E-state index in [1.165, 1.54) is 17.7 Å². The molecule has 21 heavy (non-hydrogen) atoms. The summed E-state index contributed by atoms with van der Waals surface area (Å²) in [6.45, 7) is 2.03. The maximum absolute atomic E-state index is 14.1. The summed E-state index contributed by atoms with van der Waals surface area (Å²) in [6, 6.07) is 6.35. The van der Waals surface area contributed by atoms with E-state index >= 15 is 0 Å². The Morgan fingerprint density at radius 2 is 1.90 bits per heavy atom. The first kappa shape index (κ1) is 18.7. The molecule has 0 unspecified atom stereocenters. The third kappa shape index (κ3) is 3.71. The van der Waals surface area contributed by atoms with Gasteiger partial charge < -0.3 is 9.30 Å². The molecule has 7 heteroatoms. The van der Waals surface area contributed by atoms with Crippen molar-refractivity contribution in [2.24, 2.45) is 0 Å². The van der Waals surface area contributed by atoms with E-state index < -0.39 is 11.6 Å². The predicted molar refractivity (Wildman–Crippen MR) is 79.8 cm³/mol. The average molecular weight is 479 g/mol.